The van der Waals surface area contributed by atoms with Crippen molar-refractivity contribution in [1.29, 1.82) is 0 Å². The molecular weight excluding hydrogens is 262 g/mol. The van der Waals surface area contributed by atoms with Crippen molar-refractivity contribution in [2.75, 3.05) is 12.4 Å². The van der Waals surface area contributed by atoms with Crippen molar-refractivity contribution in [3.63, 3.8) is 0 Å². The van der Waals surface area contributed by atoms with Crippen LogP contribution in [-0.4, -0.2) is 33.9 Å². The molecule has 0 unspecified atom stereocenters. The van der Waals surface area contributed by atoms with Crippen LogP contribution in [0.1, 0.15) is 20.8 Å². The largest absolute Gasteiger partial charge is 0.497 e. The van der Waals surface area contributed by atoms with E-state index in [1.165, 1.54) is 13.2 Å². The Morgan fingerprint density at radius 3 is 2.50 bits per heavy atom. The molecule has 0 spiro atoms. The number of hydrogen-bond donors (Lipinski definition) is 2. The van der Waals surface area contributed by atoms with E-state index < -0.39 is 11.9 Å². The number of carboxylic acid groups (broad SMARTS) is 1. The van der Waals surface area contributed by atoms with Crippen molar-refractivity contribution < 1.29 is 19.4 Å². The number of benzene rings is 1. The number of carboxylic acids is 1. The number of rotatable bonds is 4. The van der Waals surface area contributed by atoms with Crippen LogP contribution in [-0.2, 0) is 7.05 Å². The van der Waals surface area contributed by atoms with Crippen LogP contribution in [0.3, 0.4) is 0 Å². The van der Waals surface area contributed by atoms with Crippen LogP contribution in [0.5, 0.6) is 5.75 Å². The first-order valence-corrected chi connectivity index (χ1v) is 5.73. The van der Waals surface area contributed by atoms with Crippen LogP contribution in [0.15, 0.2) is 30.5 Å². The zero-order valence-corrected chi connectivity index (χ0v) is 11.0. The van der Waals surface area contributed by atoms with E-state index in [4.69, 9.17) is 9.84 Å². The maximum atomic E-state index is 12.0. The highest BCUT2D eigenvalue weighted by molar-refractivity contribution is 6.09. The zero-order chi connectivity index (χ0) is 14.7. The van der Waals surface area contributed by atoms with E-state index in [1.807, 2.05) is 0 Å². The Bertz CT molecular complexity index is 646. The van der Waals surface area contributed by atoms with Gasteiger partial charge in [-0.25, -0.2) is 4.79 Å². The van der Waals surface area contributed by atoms with Gasteiger partial charge in [-0.1, -0.05) is 0 Å². The van der Waals surface area contributed by atoms with Gasteiger partial charge in [0, 0.05) is 12.7 Å². The third-order valence-electron chi connectivity index (χ3n) is 2.73. The Balaban J connectivity index is 2.21. The fraction of sp³-hybridized carbons (Fsp3) is 0.154. The molecular formula is C13H13N3O4. The highest BCUT2D eigenvalue weighted by atomic mass is 16.5. The van der Waals surface area contributed by atoms with E-state index >= 15 is 0 Å². The summed E-state index contributed by atoms with van der Waals surface area (Å²) in [5, 5.41) is 15.5. The van der Waals surface area contributed by atoms with Gasteiger partial charge in [0.1, 0.15) is 5.75 Å². The molecule has 104 valence electrons. The summed E-state index contributed by atoms with van der Waals surface area (Å²) < 4.78 is 6.15. The third kappa shape index (κ3) is 2.61. The van der Waals surface area contributed by atoms with Crippen molar-refractivity contribution in [2.24, 2.45) is 7.05 Å². The van der Waals surface area contributed by atoms with Crippen LogP contribution in [0.25, 0.3) is 0 Å². The average molecular weight is 275 g/mol. The molecule has 2 N–H and O–H groups in total. The summed E-state index contributed by atoms with van der Waals surface area (Å²) >= 11 is 0. The van der Waals surface area contributed by atoms with Crippen LogP contribution >= 0.6 is 0 Å². The number of carbonyl (C=O) groups excluding carboxylic acids is 1. The van der Waals surface area contributed by atoms with Gasteiger partial charge in [-0.15, -0.1) is 0 Å². The molecule has 1 aromatic carbocycles. The molecule has 1 heterocycles. The third-order valence-corrected chi connectivity index (χ3v) is 2.73. The lowest BCUT2D eigenvalue weighted by atomic mass is 10.2. The molecule has 7 heteroatoms. The van der Waals surface area contributed by atoms with E-state index in [9.17, 15) is 9.59 Å². The lowest BCUT2D eigenvalue weighted by Gasteiger charge is -2.06. The Kier molecular flexibility index (Phi) is 3.69. The van der Waals surface area contributed by atoms with Gasteiger partial charge in [-0.3, -0.25) is 9.48 Å². The lowest BCUT2D eigenvalue weighted by Crippen LogP contribution is -2.17. The normalized spacial score (nSPS) is 10.1. The van der Waals surface area contributed by atoms with Crippen LogP contribution in [0.2, 0.25) is 0 Å². The average Bonchev–Trinajstić information content (AvgIpc) is 2.81. The fourth-order valence-corrected chi connectivity index (χ4v) is 1.73. The fourth-order valence-electron chi connectivity index (χ4n) is 1.73. The molecule has 0 saturated carbocycles. The minimum absolute atomic E-state index is 0.0100. The number of nitrogens with zero attached hydrogens (tertiary/aromatic N) is 2. The molecule has 0 fully saturated rings. The monoisotopic (exact) mass is 275 g/mol. The molecule has 1 aromatic heterocycles. The van der Waals surface area contributed by atoms with E-state index in [1.54, 1.807) is 31.4 Å². The number of methoxy groups -OCH3 is 1. The molecule has 0 aliphatic rings. The number of amides is 1. The summed E-state index contributed by atoms with van der Waals surface area (Å²) in [6.45, 7) is 0. The summed E-state index contributed by atoms with van der Waals surface area (Å²) in [7, 11) is 3.01. The van der Waals surface area contributed by atoms with Gasteiger partial charge >= 0.3 is 5.97 Å². The summed E-state index contributed by atoms with van der Waals surface area (Å²) in [6, 6.07) is 6.70. The van der Waals surface area contributed by atoms with Gasteiger partial charge in [0.2, 0.25) is 0 Å². The van der Waals surface area contributed by atoms with Gasteiger partial charge in [0.05, 0.1) is 18.9 Å². The molecule has 0 aliphatic heterocycles. The molecule has 0 atom stereocenters. The van der Waals surface area contributed by atoms with E-state index in [2.05, 4.69) is 10.4 Å². The van der Waals surface area contributed by atoms with Gasteiger partial charge in [0.25, 0.3) is 5.91 Å². The first kappa shape index (κ1) is 13.6. The predicted octanol–water partition coefficient (Wildman–Crippen LogP) is 1.38. The highest BCUT2D eigenvalue weighted by Crippen LogP contribution is 2.17. The van der Waals surface area contributed by atoms with E-state index in [0.29, 0.717) is 11.4 Å². The number of anilines is 1. The van der Waals surface area contributed by atoms with Crippen molar-refractivity contribution in [3.05, 3.63) is 41.7 Å². The molecule has 2 aromatic rings. The zero-order valence-electron chi connectivity index (χ0n) is 11.0. The summed E-state index contributed by atoms with van der Waals surface area (Å²) in [5.74, 6) is -1.07. The molecule has 1 amide bonds. The first-order valence-electron chi connectivity index (χ1n) is 5.73. The Labute approximate surface area is 114 Å². The second-order valence-corrected chi connectivity index (χ2v) is 4.02. The number of nitrogens with one attached hydrogen (secondary N) is 1. The van der Waals surface area contributed by atoms with E-state index in [0.717, 1.165) is 4.68 Å². The number of ether oxygens (including phenoxy) is 1. The minimum Gasteiger partial charge on any atom is -0.497 e. The summed E-state index contributed by atoms with van der Waals surface area (Å²) in [5.41, 5.74) is 0.392. The lowest BCUT2D eigenvalue weighted by molar-refractivity contribution is 0.0680. The van der Waals surface area contributed by atoms with Crippen LogP contribution in [0, 0.1) is 0 Å². The Hall–Kier alpha value is -2.83. The van der Waals surface area contributed by atoms with Gasteiger partial charge < -0.3 is 15.2 Å². The van der Waals surface area contributed by atoms with Crippen molar-refractivity contribution >= 4 is 17.6 Å². The number of aromatic nitrogens is 2. The molecule has 0 saturated heterocycles. The molecule has 20 heavy (non-hydrogen) atoms. The molecule has 7 nitrogen and oxygen atoms in total. The number of carbonyl (C=O) groups is 2. The maximum absolute atomic E-state index is 12.0. The van der Waals surface area contributed by atoms with E-state index in [-0.39, 0.29) is 11.3 Å². The SMILES string of the molecule is COc1ccc(NC(=O)c2cnn(C)c2C(=O)O)cc1. The van der Waals surface area contributed by atoms with Crippen LogP contribution < -0.4 is 10.1 Å². The number of hydrogen-bond acceptors (Lipinski definition) is 4. The van der Waals surface area contributed by atoms with Crippen molar-refractivity contribution in [2.45, 2.75) is 0 Å². The molecule has 0 aliphatic carbocycles. The number of aromatic carboxylic acids is 1. The smallest absolute Gasteiger partial charge is 0.354 e. The van der Waals surface area contributed by atoms with Gasteiger partial charge in [0.15, 0.2) is 5.69 Å². The minimum atomic E-state index is -1.20. The molecule has 2 rings (SSSR count). The van der Waals surface area contributed by atoms with Gasteiger partial charge in [-0.2, -0.15) is 5.10 Å². The predicted molar refractivity (Wildman–Crippen MR) is 71.1 cm³/mol. The second kappa shape index (κ2) is 5.43. The van der Waals surface area contributed by atoms with Crippen molar-refractivity contribution in [1.82, 2.24) is 9.78 Å². The maximum Gasteiger partial charge on any atom is 0.354 e. The second-order valence-electron chi connectivity index (χ2n) is 4.02. The topological polar surface area (TPSA) is 93.5 Å². The van der Waals surface area contributed by atoms with Gasteiger partial charge in [-0.05, 0) is 24.3 Å². The quantitative estimate of drug-likeness (QED) is 0.879. The molecule has 0 bridgehead atoms. The Morgan fingerprint density at radius 2 is 1.95 bits per heavy atom. The number of aryl methyl sites for hydroxylation is 1. The van der Waals surface area contributed by atoms with Crippen molar-refractivity contribution in [3.8, 4) is 5.75 Å². The Morgan fingerprint density at radius 1 is 1.30 bits per heavy atom. The first-order chi connectivity index (χ1) is 9.52. The van der Waals surface area contributed by atoms with Crippen LogP contribution in [0.4, 0.5) is 5.69 Å². The summed E-state index contributed by atoms with van der Waals surface area (Å²) in [6.07, 6.45) is 1.22. The standard InChI is InChI=1S/C13H13N3O4/c1-16-11(13(18)19)10(7-14-16)12(17)15-8-3-5-9(20-2)6-4-8/h3-7H,1-2H3,(H,15,17)(H,18,19). The summed E-state index contributed by atoms with van der Waals surface area (Å²) in [4.78, 5) is 23.1. The molecule has 0 radical (unpaired) electrons. The highest BCUT2D eigenvalue weighted by Gasteiger charge is 2.21.